The minimum absolute atomic E-state index is 0.471. The maximum absolute atomic E-state index is 3.86. The van der Waals surface area contributed by atoms with E-state index in [1.165, 1.54) is 35.7 Å². The maximum Gasteiger partial charge on any atom is 0.0294 e. The Morgan fingerprint density at radius 2 is 1.82 bits per heavy atom. The number of benzene rings is 1. The number of rotatable bonds is 5. The molecule has 0 spiro atoms. The van der Waals surface area contributed by atoms with Crippen LogP contribution in [0.15, 0.2) is 28.7 Å². The molecule has 0 amide bonds. The van der Waals surface area contributed by atoms with Gasteiger partial charge in [0.2, 0.25) is 0 Å². The molecule has 0 aromatic heterocycles. The fourth-order valence-corrected chi connectivity index (χ4v) is 3.15. The van der Waals surface area contributed by atoms with E-state index in [2.05, 4.69) is 52.4 Å². The molecule has 0 heterocycles. The summed E-state index contributed by atoms with van der Waals surface area (Å²) in [5.41, 5.74) is 1.39. The van der Waals surface area contributed by atoms with Crippen LogP contribution in [0.25, 0.3) is 0 Å². The molecule has 0 radical (unpaired) electrons. The number of nitrogens with one attached hydrogen (secondary N) is 1. The van der Waals surface area contributed by atoms with Crippen molar-refractivity contribution in [3.8, 4) is 0 Å². The van der Waals surface area contributed by atoms with Crippen LogP contribution in [0.5, 0.6) is 0 Å². The Bertz CT molecular complexity index is 384. The van der Waals surface area contributed by atoms with Crippen molar-refractivity contribution < 1.29 is 0 Å². The van der Waals surface area contributed by atoms with Gasteiger partial charge in [0, 0.05) is 16.6 Å². The summed E-state index contributed by atoms with van der Waals surface area (Å²) < 4.78 is 1.18. The van der Waals surface area contributed by atoms with Crippen LogP contribution in [0.2, 0.25) is 0 Å². The SMILES string of the molecule is CC(NC(C1CC1)C1CC1)c1cccc(Br)c1. The van der Waals surface area contributed by atoms with Gasteiger partial charge in [-0.05, 0) is 62.1 Å². The smallest absolute Gasteiger partial charge is 0.0294 e. The van der Waals surface area contributed by atoms with E-state index in [-0.39, 0.29) is 0 Å². The molecular formula is C15H20BrN. The van der Waals surface area contributed by atoms with E-state index in [9.17, 15) is 0 Å². The third kappa shape index (κ3) is 2.92. The molecule has 0 bridgehead atoms. The highest BCUT2D eigenvalue weighted by Crippen LogP contribution is 2.45. The van der Waals surface area contributed by atoms with Crippen LogP contribution in [0.1, 0.15) is 44.2 Å². The molecule has 2 aliphatic carbocycles. The monoisotopic (exact) mass is 293 g/mol. The molecule has 1 nitrogen and oxygen atoms in total. The van der Waals surface area contributed by atoms with Crippen molar-refractivity contribution in [3.05, 3.63) is 34.3 Å². The topological polar surface area (TPSA) is 12.0 Å². The van der Waals surface area contributed by atoms with Gasteiger partial charge in [-0.3, -0.25) is 0 Å². The summed E-state index contributed by atoms with van der Waals surface area (Å²) in [6, 6.07) is 9.92. The summed E-state index contributed by atoms with van der Waals surface area (Å²) in [5.74, 6) is 1.94. The summed E-state index contributed by atoms with van der Waals surface area (Å²) in [6.07, 6.45) is 5.78. The van der Waals surface area contributed by atoms with Crippen molar-refractivity contribution in [2.24, 2.45) is 11.8 Å². The summed E-state index contributed by atoms with van der Waals surface area (Å²) >= 11 is 3.55. The van der Waals surface area contributed by atoms with Crippen molar-refractivity contribution in [1.82, 2.24) is 5.32 Å². The Hall–Kier alpha value is -0.340. The van der Waals surface area contributed by atoms with Crippen molar-refractivity contribution >= 4 is 15.9 Å². The van der Waals surface area contributed by atoms with Gasteiger partial charge >= 0.3 is 0 Å². The van der Waals surface area contributed by atoms with Crippen LogP contribution >= 0.6 is 15.9 Å². The zero-order valence-electron chi connectivity index (χ0n) is 10.3. The second-order valence-electron chi connectivity index (χ2n) is 5.64. The fourth-order valence-electron chi connectivity index (χ4n) is 2.73. The zero-order chi connectivity index (χ0) is 11.8. The second-order valence-corrected chi connectivity index (χ2v) is 6.56. The van der Waals surface area contributed by atoms with E-state index in [0.717, 1.165) is 17.9 Å². The van der Waals surface area contributed by atoms with Crippen molar-refractivity contribution in [2.75, 3.05) is 0 Å². The highest BCUT2D eigenvalue weighted by atomic mass is 79.9. The van der Waals surface area contributed by atoms with Crippen LogP contribution < -0.4 is 5.32 Å². The van der Waals surface area contributed by atoms with Crippen LogP contribution in [0, 0.1) is 11.8 Å². The first-order chi connectivity index (χ1) is 8.24. The molecule has 17 heavy (non-hydrogen) atoms. The molecule has 2 fully saturated rings. The highest BCUT2D eigenvalue weighted by Gasteiger charge is 2.41. The predicted molar refractivity (Wildman–Crippen MR) is 74.9 cm³/mol. The summed E-state index contributed by atoms with van der Waals surface area (Å²) in [7, 11) is 0. The Labute approximate surface area is 112 Å². The molecule has 2 aliphatic rings. The maximum atomic E-state index is 3.86. The van der Waals surface area contributed by atoms with E-state index in [4.69, 9.17) is 0 Å². The van der Waals surface area contributed by atoms with E-state index >= 15 is 0 Å². The standard InChI is InChI=1S/C15H20BrN/c1-10(13-3-2-4-14(16)9-13)17-15(11-5-6-11)12-7-8-12/h2-4,9-12,15,17H,5-8H2,1H3. The number of hydrogen-bond acceptors (Lipinski definition) is 1. The van der Waals surface area contributed by atoms with Gasteiger partial charge in [0.05, 0.1) is 0 Å². The lowest BCUT2D eigenvalue weighted by atomic mass is 10.0. The molecule has 92 valence electrons. The normalized spacial score (nSPS) is 21.8. The summed E-state index contributed by atoms with van der Waals surface area (Å²) in [5, 5.41) is 3.86. The van der Waals surface area contributed by atoms with Crippen LogP contribution in [0.4, 0.5) is 0 Å². The average molecular weight is 294 g/mol. The summed E-state index contributed by atoms with van der Waals surface area (Å²) in [6.45, 7) is 2.29. The van der Waals surface area contributed by atoms with Gasteiger partial charge in [0.25, 0.3) is 0 Å². The summed E-state index contributed by atoms with van der Waals surface area (Å²) in [4.78, 5) is 0. The fraction of sp³-hybridized carbons (Fsp3) is 0.600. The van der Waals surface area contributed by atoms with E-state index in [1.54, 1.807) is 0 Å². The average Bonchev–Trinajstić information content (AvgIpc) is 3.16. The lowest BCUT2D eigenvalue weighted by Gasteiger charge is -2.23. The largest absolute Gasteiger partial charge is 0.307 e. The van der Waals surface area contributed by atoms with Gasteiger partial charge < -0.3 is 5.32 Å². The molecule has 2 heteroatoms. The van der Waals surface area contributed by atoms with Gasteiger partial charge in [0.15, 0.2) is 0 Å². The first kappa shape index (κ1) is 11.7. The van der Waals surface area contributed by atoms with Crippen LogP contribution in [0.3, 0.4) is 0 Å². The Morgan fingerprint density at radius 1 is 1.18 bits per heavy atom. The molecule has 1 N–H and O–H groups in total. The minimum atomic E-state index is 0.471. The van der Waals surface area contributed by atoms with Crippen molar-refractivity contribution in [1.29, 1.82) is 0 Å². The van der Waals surface area contributed by atoms with Crippen molar-refractivity contribution in [3.63, 3.8) is 0 Å². The minimum Gasteiger partial charge on any atom is -0.307 e. The van der Waals surface area contributed by atoms with E-state index in [0.29, 0.717) is 6.04 Å². The molecule has 0 saturated heterocycles. The lowest BCUT2D eigenvalue weighted by molar-refractivity contribution is 0.377. The van der Waals surface area contributed by atoms with E-state index in [1.807, 2.05) is 0 Å². The Kier molecular flexibility index (Phi) is 3.27. The zero-order valence-corrected chi connectivity index (χ0v) is 11.9. The third-order valence-electron chi connectivity index (χ3n) is 4.05. The Morgan fingerprint density at radius 3 is 2.35 bits per heavy atom. The van der Waals surface area contributed by atoms with Crippen LogP contribution in [-0.2, 0) is 0 Å². The molecule has 1 unspecified atom stereocenters. The number of hydrogen-bond donors (Lipinski definition) is 1. The van der Waals surface area contributed by atoms with Gasteiger partial charge in [-0.1, -0.05) is 28.1 Å². The first-order valence-corrected chi connectivity index (χ1v) is 7.55. The molecule has 1 atom stereocenters. The highest BCUT2D eigenvalue weighted by molar-refractivity contribution is 9.10. The quantitative estimate of drug-likeness (QED) is 0.854. The molecule has 1 aromatic carbocycles. The molecular weight excluding hydrogens is 274 g/mol. The van der Waals surface area contributed by atoms with Crippen LogP contribution in [-0.4, -0.2) is 6.04 Å². The Balaban J connectivity index is 1.66. The molecule has 0 aliphatic heterocycles. The van der Waals surface area contributed by atoms with Gasteiger partial charge in [-0.15, -0.1) is 0 Å². The second kappa shape index (κ2) is 4.74. The third-order valence-corrected chi connectivity index (χ3v) is 4.54. The molecule has 2 saturated carbocycles. The predicted octanol–water partition coefficient (Wildman–Crippen LogP) is 4.29. The molecule has 1 aromatic rings. The first-order valence-electron chi connectivity index (χ1n) is 6.75. The lowest BCUT2D eigenvalue weighted by Crippen LogP contribution is -2.35. The van der Waals surface area contributed by atoms with Crippen molar-refractivity contribution in [2.45, 2.75) is 44.7 Å². The van der Waals surface area contributed by atoms with E-state index < -0.39 is 0 Å². The number of halogens is 1. The van der Waals surface area contributed by atoms with Gasteiger partial charge in [0.1, 0.15) is 0 Å². The molecule has 3 rings (SSSR count). The van der Waals surface area contributed by atoms with Gasteiger partial charge in [-0.25, -0.2) is 0 Å². The van der Waals surface area contributed by atoms with Gasteiger partial charge in [-0.2, -0.15) is 0 Å².